The Balaban J connectivity index is 2.05. The van der Waals surface area contributed by atoms with Crippen LogP contribution in [0, 0.1) is 13.8 Å². The average molecular weight is 466 g/mol. The second kappa shape index (κ2) is 7.60. The predicted molar refractivity (Wildman–Crippen MR) is 111 cm³/mol. The zero-order valence-electron chi connectivity index (χ0n) is 15.9. The molecule has 0 fully saturated rings. The van der Waals surface area contributed by atoms with Crippen LogP contribution >= 0.6 is 15.9 Å². The number of halogens is 1. The van der Waals surface area contributed by atoms with Crippen LogP contribution < -0.4 is 4.72 Å². The zero-order valence-corrected chi connectivity index (χ0v) is 18.3. The largest absolute Gasteiger partial charge is 0.460 e. The van der Waals surface area contributed by atoms with Gasteiger partial charge in [-0.25, -0.2) is 13.2 Å². The Morgan fingerprint density at radius 2 is 1.79 bits per heavy atom. The van der Waals surface area contributed by atoms with E-state index in [1.807, 2.05) is 0 Å². The number of ether oxygens (including phenoxy) is 1. The molecule has 0 atom stereocenters. The first-order chi connectivity index (χ1) is 13.1. The van der Waals surface area contributed by atoms with Gasteiger partial charge < -0.3 is 9.15 Å². The summed E-state index contributed by atoms with van der Waals surface area (Å²) in [5, 5.41) is 0.502. The summed E-state index contributed by atoms with van der Waals surface area (Å²) < 4.78 is 39.8. The topological polar surface area (TPSA) is 85.6 Å². The van der Waals surface area contributed by atoms with Crippen molar-refractivity contribution in [3.63, 3.8) is 0 Å². The van der Waals surface area contributed by atoms with E-state index in [-0.39, 0.29) is 11.0 Å². The molecule has 28 heavy (non-hydrogen) atoms. The summed E-state index contributed by atoms with van der Waals surface area (Å²) >= 11 is 3.29. The lowest BCUT2D eigenvalue weighted by molar-refractivity contribution is 0.0378. The van der Waals surface area contributed by atoms with Crippen LogP contribution in [0.5, 0.6) is 0 Å². The number of esters is 1. The van der Waals surface area contributed by atoms with Crippen molar-refractivity contribution in [2.45, 2.75) is 38.7 Å². The number of carbonyl (C=O) groups excluding carboxylic acids is 1. The summed E-state index contributed by atoms with van der Waals surface area (Å²) in [4.78, 5) is 12.6. The fourth-order valence-electron chi connectivity index (χ4n) is 2.82. The standard InChI is InChI=1S/C20H20BrNO5S/c1-11(2)26-20(23)19-13(4)27-18-9-12(3)17(10-16(18)19)22-28(24,25)15-7-5-14(21)6-8-15/h5-11,22H,1-4H3. The van der Waals surface area contributed by atoms with Crippen LogP contribution in [0.2, 0.25) is 0 Å². The molecule has 0 aliphatic heterocycles. The van der Waals surface area contributed by atoms with Gasteiger partial charge in [0.25, 0.3) is 10.0 Å². The molecule has 3 aromatic rings. The molecule has 1 heterocycles. The Kier molecular flexibility index (Phi) is 5.54. The Morgan fingerprint density at radius 1 is 1.14 bits per heavy atom. The van der Waals surface area contributed by atoms with Gasteiger partial charge in [0, 0.05) is 9.86 Å². The monoisotopic (exact) mass is 465 g/mol. The van der Waals surface area contributed by atoms with Crippen molar-refractivity contribution in [3.05, 3.63) is 57.8 Å². The highest BCUT2D eigenvalue weighted by Gasteiger charge is 2.23. The van der Waals surface area contributed by atoms with Crippen molar-refractivity contribution in [3.8, 4) is 0 Å². The van der Waals surface area contributed by atoms with Crippen LogP contribution in [0.3, 0.4) is 0 Å². The first kappa shape index (κ1) is 20.4. The van der Waals surface area contributed by atoms with E-state index in [2.05, 4.69) is 20.7 Å². The summed E-state index contributed by atoms with van der Waals surface area (Å²) in [6.07, 6.45) is -0.280. The van der Waals surface area contributed by atoms with Gasteiger partial charge in [0.15, 0.2) is 0 Å². The van der Waals surface area contributed by atoms with Gasteiger partial charge in [0.05, 0.1) is 16.7 Å². The van der Waals surface area contributed by atoms with Crippen LogP contribution in [0.25, 0.3) is 11.0 Å². The fraction of sp³-hybridized carbons (Fsp3) is 0.250. The van der Waals surface area contributed by atoms with Crippen LogP contribution in [0.1, 0.15) is 35.5 Å². The van der Waals surface area contributed by atoms with Crippen LogP contribution in [-0.4, -0.2) is 20.5 Å². The Labute approximate surface area is 172 Å². The van der Waals surface area contributed by atoms with E-state index in [0.717, 1.165) is 4.47 Å². The van der Waals surface area contributed by atoms with E-state index in [4.69, 9.17) is 9.15 Å². The van der Waals surface area contributed by atoms with Crippen molar-refractivity contribution in [1.29, 1.82) is 0 Å². The predicted octanol–water partition coefficient (Wildman–Crippen LogP) is 5.18. The molecule has 3 rings (SSSR count). The Hall–Kier alpha value is -2.32. The molecule has 6 nitrogen and oxygen atoms in total. The van der Waals surface area contributed by atoms with Gasteiger partial charge in [-0.1, -0.05) is 15.9 Å². The van der Waals surface area contributed by atoms with Gasteiger partial charge in [-0.05, 0) is 69.7 Å². The molecule has 0 saturated heterocycles. The summed E-state index contributed by atoms with van der Waals surface area (Å²) in [6.45, 7) is 6.97. The average Bonchev–Trinajstić information content (AvgIpc) is 2.89. The van der Waals surface area contributed by atoms with E-state index in [9.17, 15) is 13.2 Å². The number of sulfonamides is 1. The SMILES string of the molecule is Cc1cc2oc(C)c(C(=O)OC(C)C)c2cc1NS(=O)(=O)c1ccc(Br)cc1. The molecule has 8 heteroatoms. The lowest BCUT2D eigenvalue weighted by atomic mass is 10.1. The number of benzene rings is 2. The van der Waals surface area contributed by atoms with E-state index in [0.29, 0.717) is 33.5 Å². The molecule has 148 valence electrons. The summed E-state index contributed by atoms with van der Waals surface area (Å²) in [5.41, 5.74) is 1.84. The molecule has 2 aromatic carbocycles. The normalized spacial score (nSPS) is 11.8. The van der Waals surface area contributed by atoms with E-state index < -0.39 is 16.0 Å². The summed E-state index contributed by atoms with van der Waals surface area (Å²) in [5.74, 6) is -0.0789. The molecule has 0 unspecified atom stereocenters. The minimum Gasteiger partial charge on any atom is -0.460 e. The number of anilines is 1. The third-order valence-electron chi connectivity index (χ3n) is 4.13. The number of carbonyl (C=O) groups is 1. The molecule has 0 aliphatic rings. The van der Waals surface area contributed by atoms with Crippen molar-refractivity contribution in [1.82, 2.24) is 0 Å². The fourth-order valence-corrected chi connectivity index (χ4v) is 4.21. The number of hydrogen-bond donors (Lipinski definition) is 1. The van der Waals surface area contributed by atoms with Crippen molar-refractivity contribution in [2.75, 3.05) is 4.72 Å². The van der Waals surface area contributed by atoms with E-state index >= 15 is 0 Å². The van der Waals surface area contributed by atoms with Crippen LogP contribution in [-0.2, 0) is 14.8 Å². The number of nitrogens with one attached hydrogen (secondary N) is 1. The third-order valence-corrected chi connectivity index (χ3v) is 6.04. The highest BCUT2D eigenvalue weighted by atomic mass is 79.9. The Morgan fingerprint density at radius 3 is 2.39 bits per heavy atom. The first-order valence-electron chi connectivity index (χ1n) is 8.61. The quantitative estimate of drug-likeness (QED) is 0.524. The van der Waals surface area contributed by atoms with Gasteiger partial charge >= 0.3 is 5.97 Å². The van der Waals surface area contributed by atoms with Crippen molar-refractivity contribution in [2.24, 2.45) is 0 Å². The molecule has 0 bridgehead atoms. The molecule has 1 aromatic heterocycles. The van der Waals surface area contributed by atoms with Gasteiger partial charge in [0.1, 0.15) is 16.9 Å². The number of furan rings is 1. The van der Waals surface area contributed by atoms with E-state index in [1.165, 1.54) is 12.1 Å². The minimum atomic E-state index is -3.78. The maximum absolute atomic E-state index is 12.7. The van der Waals surface area contributed by atoms with Gasteiger partial charge in [-0.2, -0.15) is 0 Å². The van der Waals surface area contributed by atoms with Gasteiger partial charge in [0.2, 0.25) is 0 Å². The van der Waals surface area contributed by atoms with Crippen molar-refractivity contribution >= 4 is 48.6 Å². The Bertz CT molecular complexity index is 1150. The maximum atomic E-state index is 12.7. The molecule has 0 amide bonds. The smallest absolute Gasteiger partial charge is 0.342 e. The molecule has 0 aliphatic carbocycles. The van der Waals surface area contributed by atoms with Crippen molar-refractivity contribution < 1.29 is 22.4 Å². The summed E-state index contributed by atoms with van der Waals surface area (Å²) in [6, 6.07) is 9.64. The van der Waals surface area contributed by atoms with Crippen LogP contribution in [0.15, 0.2) is 50.2 Å². The molecule has 0 radical (unpaired) electrons. The summed E-state index contributed by atoms with van der Waals surface area (Å²) in [7, 11) is -3.78. The first-order valence-corrected chi connectivity index (χ1v) is 10.9. The zero-order chi connectivity index (χ0) is 20.6. The van der Waals surface area contributed by atoms with Gasteiger partial charge in [-0.15, -0.1) is 0 Å². The number of aryl methyl sites for hydroxylation is 2. The minimum absolute atomic E-state index is 0.137. The van der Waals surface area contributed by atoms with Crippen LogP contribution in [0.4, 0.5) is 5.69 Å². The number of fused-ring (bicyclic) bond motifs is 1. The second-order valence-electron chi connectivity index (χ2n) is 6.71. The molecular formula is C20H20BrNO5S. The lowest BCUT2D eigenvalue weighted by Crippen LogP contribution is -2.14. The molecule has 1 N–H and O–H groups in total. The molecule has 0 saturated carbocycles. The number of hydrogen-bond acceptors (Lipinski definition) is 5. The highest BCUT2D eigenvalue weighted by Crippen LogP contribution is 2.32. The van der Waals surface area contributed by atoms with E-state index in [1.54, 1.807) is 52.0 Å². The maximum Gasteiger partial charge on any atom is 0.342 e. The highest BCUT2D eigenvalue weighted by molar-refractivity contribution is 9.10. The second-order valence-corrected chi connectivity index (χ2v) is 9.31. The molecule has 0 spiro atoms. The third kappa shape index (κ3) is 4.07. The van der Waals surface area contributed by atoms with Gasteiger partial charge in [-0.3, -0.25) is 4.72 Å². The molecular weight excluding hydrogens is 446 g/mol. The lowest BCUT2D eigenvalue weighted by Gasteiger charge is -2.11. The number of rotatable bonds is 5.